The summed E-state index contributed by atoms with van der Waals surface area (Å²) in [6.45, 7) is 0. The van der Waals surface area contributed by atoms with Crippen LogP contribution in [0.1, 0.15) is 31.1 Å². The van der Waals surface area contributed by atoms with Crippen LogP contribution in [0.15, 0.2) is 66.9 Å². The van der Waals surface area contributed by atoms with E-state index in [4.69, 9.17) is 21.8 Å². The standard InChI is InChI=1S/C22H14ClN3O5S/c23-18-9-8-17(32-18)19-16(20(27)24-14-3-1-2-13(10-14)22(30)31)11-26(25-19)15-6-4-12(5-7-15)21(28)29/h1-11H,(H,24,27)(H,28,29)(H,30,31). The van der Waals surface area contributed by atoms with Crippen molar-refractivity contribution in [2.45, 2.75) is 0 Å². The smallest absolute Gasteiger partial charge is 0.335 e. The van der Waals surface area contributed by atoms with Crippen LogP contribution >= 0.6 is 22.9 Å². The molecule has 8 nitrogen and oxygen atoms in total. The van der Waals surface area contributed by atoms with Gasteiger partial charge in [-0.1, -0.05) is 17.7 Å². The largest absolute Gasteiger partial charge is 0.478 e. The number of benzene rings is 2. The van der Waals surface area contributed by atoms with Gasteiger partial charge in [0.1, 0.15) is 5.69 Å². The van der Waals surface area contributed by atoms with Gasteiger partial charge in [-0.3, -0.25) is 4.79 Å². The number of aromatic nitrogens is 2. The first kappa shape index (κ1) is 21.3. The van der Waals surface area contributed by atoms with Crippen LogP contribution < -0.4 is 5.32 Å². The molecule has 2 aromatic heterocycles. The number of carbonyl (C=O) groups is 3. The second-order valence-electron chi connectivity index (χ2n) is 6.63. The topological polar surface area (TPSA) is 122 Å². The van der Waals surface area contributed by atoms with Crippen LogP contribution in [0.2, 0.25) is 4.34 Å². The van der Waals surface area contributed by atoms with E-state index in [9.17, 15) is 14.4 Å². The number of anilines is 1. The number of hydrogen-bond donors (Lipinski definition) is 3. The zero-order chi connectivity index (χ0) is 22.8. The van der Waals surface area contributed by atoms with Gasteiger partial charge in [0.15, 0.2) is 0 Å². The van der Waals surface area contributed by atoms with Crippen molar-refractivity contribution in [3.63, 3.8) is 0 Å². The molecule has 0 aliphatic carbocycles. The second-order valence-corrected chi connectivity index (χ2v) is 8.35. The lowest BCUT2D eigenvalue weighted by Crippen LogP contribution is -2.12. The molecular formula is C22H14ClN3O5S. The Kier molecular flexibility index (Phi) is 5.76. The number of carbonyl (C=O) groups excluding carboxylic acids is 1. The van der Waals surface area contributed by atoms with E-state index in [0.29, 0.717) is 26.3 Å². The molecular weight excluding hydrogens is 454 g/mol. The highest BCUT2D eigenvalue weighted by Gasteiger charge is 2.21. The molecule has 0 spiro atoms. The second kappa shape index (κ2) is 8.66. The van der Waals surface area contributed by atoms with Gasteiger partial charge in [-0.15, -0.1) is 11.3 Å². The van der Waals surface area contributed by atoms with Crippen LogP contribution in [-0.2, 0) is 0 Å². The number of hydrogen-bond acceptors (Lipinski definition) is 5. The number of rotatable bonds is 6. The first-order valence-electron chi connectivity index (χ1n) is 9.15. The third-order valence-electron chi connectivity index (χ3n) is 4.51. The first-order valence-corrected chi connectivity index (χ1v) is 10.3. The summed E-state index contributed by atoms with van der Waals surface area (Å²) < 4.78 is 2.00. The highest BCUT2D eigenvalue weighted by molar-refractivity contribution is 7.19. The Morgan fingerprint density at radius 1 is 0.938 bits per heavy atom. The van der Waals surface area contributed by atoms with Gasteiger partial charge in [0.05, 0.1) is 31.6 Å². The fraction of sp³-hybridized carbons (Fsp3) is 0. The SMILES string of the molecule is O=C(O)c1ccc(-n2cc(C(=O)Nc3cccc(C(=O)O)c3)c(-c3ccc(Cl)s3)n2)cc1. The van der Waals surface area contributed by atoms with Crippen LogP contribution in [0.3, 0.4) is 0 Å². The Morgan fingerprint density at radius 2 is 1.66 bits per heavy atom. The van der Waals surface area contributed by atoms with Crippen LogP contribution in [0, 0.1) is 0 Å². The zero-order valence-electron chi connectivity index (χ0n) is 16.2. The predicted molar refractivity (Wildman–Crippen MR) is 120 cm³/mol. The van der Waals surface area contributed by atoms with Gasteiger partial charge in [-0.2, -0.15) is 5.10 Å². The van der Waals surface area contributed by atoms with E-state index in [1.54, 1.807) is 30.3 Å². The number of nitrogens with one attached hydrogen (secondary N) is 1. The summed E-state index contributed by atoms with van der Waals surface area (Å²) in [5.41, 5.74) is 1.68. The lowest BCUT2D eigenvalue weighted by atomic mass is 10.1. The molecule has 2 aromatic carbocycles. The van der Waals surface area contributed by atoms with Crippen molar-refractivity contribution in [1.29, 1.82) is 0 Å². The predicted octanol–water partition coefficient (Wildman–Crippen LogP) is 4.90. The summed E-state index contributed by atoms with van der Waals surface area (Å²) in [4.78, 5) is 36.0. The number of carboxylic acids is 2. The molecule has 0 aliphatic rings. The van der Waals surface area contributed by atoms with Gasteiger partial charge < -0.3 is 15.5 Å². The number of aromatic carboxylic acids is 2. The molecule has 1 amide bonds. The molecule has 0 saturated heterocycles. The van der Waals surface area contributed by atoms with Gasteiger partial charge >= 0.3 is 11.9 Å². The molecule has 0 fully saturated rings. The van der Waals surface area contributed by atoms with E-state index in [1.165, 1.54) is 52.5 Å². The number of nitrogens with zero attached hydrogens (tertiary/aromatic N) is 2. The van der Waals surface area contributed by atoms with Crippen molar-refractivity contribution in [3.05, 3.63) is 87.9 Å². The summed E-state index contributed by atoms with van der Waals surface area (Å²) in [5.74, 6) is -2.64. The molecule has 4 aromatic rings. The van der Waals surface area contributed by atoms with Crippen molar-refractivity contribution in [1.82, 2.24) is 9.78 Å². The Labute approximate surface area is 190 Å². The third kappa shape index (κ3) is 4.39. The summed E-state index contributed by atoms with van der Waals surface area (Å²) in [7, 11) is 0. The maximum Gasteiger partial charge on any atom is 0.335 e. The Balaban J connectivity index is 1.72. The van der Waals surface area contributed by atoms with E-state index >= 15 is 0 Å². The number of thiophene rings is 1. The molecule has 0 radical (unpaired) electrons. The van der Waals surface area contributed by atoms with Gasteiger partial charge in [0.2, 0.25) is 0 Å². The van der Waals surface area contributed by atoms with Crippen molar-refractivity contribution >= 4 is 46.5 Å². The van der Waals surface area contributed by atoms with E-state index in [0.717, 1.165) is 0 Å². The van der Waals surface area contributed by atoms with Crippen molar-refractivity contribution in [2.24, 2.45) is 0 Å². The van der Waals surface area contributed by atoms with Gasteiger partial charge in [-0.05, 0) is 54.6 Å². The maximum atomic E-state index is 13.1. The molecule has 0 unspecified atom stereocenters. The minimum Gasteiger partial charge on any atom is -0.478 e. The van der Waals surface area contributed by atoms with Crippen molar-refractivity contribution in [2.75, 3.05) is 5.32 Å². The van der Waals surface area contributed by atoms with E-state index in [-0.39, 0.29) is 16.7 Å². The fourth-order valence-corrected chi connectivity index (χ4v) is 4.02. The number of amides is 1. The molecule has 10 heteroatoms. The molecule has 0 aliphatic heterocycles. The average Bonchev–Trinajstić information content (AvgIpc) is 3.40. The van der Waals surface area contributed by atoms with Crippen LogP contribution in [0.5, 0.6) is 0 Å². The van der Waals surface area contributed by atoms with Crippen LogP contribution in [0.4, 0.5) is 5.69 Å². The third-order valence-corrected chi connectivity index (χ3v) is 5.75. The fourth-order valence-electron chi connectivity index (χ4n) is 2.98. The summed E-state index contributed by atoms with van der Waals surface area (Å²) in [6, 6.07) is 15.4. The Hall–Kier alpha value is -3.95. The molecule has 160 valence electrons. The Morgan fingerprint density at radius 3 is 2.28 bits per heavy atom. The molecule has 0 bridgehead atoms. The monoisotopic (exact) mass is 467 g/mol. The normalized spacial score (nSPS) is 10.7. The molecule has 2 heterocycles. The number of halogens is 1. The van der Waals surface area contributed by atoms with Crippen LogP contribution in [0.25, 0.3) is 16.3 Å². The van der Waals surface area contributed by atoms with Crippen molar-refractivity contribution < 1.29 is 24.6 Å². The first-order chi connectivity index (χ1) is 15.3. The van der Waals surface area contributed by atoms with Crippen molar-refractivity contribution in [3.8, 4) is 16.3 Å². The highest BCUT2D eigenvalue weighted by atomic mass is 35.5. The highest BCUT2D eigenvalue weighted by Crippen LogP contribution is 2.33. The van der Waals surface area contributed by atoms with E-state index in [2.05, 4.69) is 10.4 Å². The zero-order valence-corrected chi connectivity index (χ0v) is 17.7. The van der Waals surface area contributed by atoms with Gasteiger partial charge in [-0.25, -0.2) is 14.3 Å². The number of carboxylic acid groups (broad SMARTS) is 2. The molecule has 3 N–H and O–H groups in total. The molecule has 4 rings (SSSR count). The minimum atomic E-state index is -1.10. The lowest BCUT2D eigenvalue weighted by molar-refractivity contribution is 0.0686. The summed E-state index contributed by atoms with van der Waals surface area (Å²) >= 11 is 7.32. The van der Waals surface area contributed by atoms with E-state index < -0.39 is 17.8 Å². The average molecular weight is 468 g/mol. The molecule has 0 saturated carbocycles. The van der Waals surface area contributed by atoms with Gasteiger partial charge in [0, 0.05) is 11.9 Å². The summed E-state index contributed by atoms with van der Waals surface area (Å²) in [5, 5.41) is 25.5. The molecule has 32 heavy (non-hydrogen) atoms. The van der Waals surface area contributed by atoms with Crippen LogP contribution in [-0.4, -0.2) is 37.8 Å². The molecule has 0 atom stereocenters. The minimum absolute atomic E-state index is 0.0438. The quantitative estimate of drug-likeness (QED) is 0.370. The Bertz CT molecular complexity index is 1340. The van der Waals surface area contributed by atoms with Gasteiger partial charge in [0.25, 0.3) is 5.91 Å². The summed E-state index contributed by atoms with van der Waals surface area (Å²) in [6.07, 6.45) is 1.52. The lowest BCUT2D eigenvalue weighted by Gasteiger charge is -2.05. The maximum absolute atomic E-state index is 13.1. The van der Waals surface area contributed by atoms with E-state index in [1.807, 2.05) is 0 Å².